The number of esters is 1. The third-order valence-electron chi connectivity index (χ3n) is 5.61. The molecule has 0 spiro atoms. The number of piperazine rings is 1. The number of nitrogens with one attached hydrogen (secondary N) is 2. The summed E-state index contributed by atoms with van der Waals surface area (Å²) in [6.45, 7) is 9.03. The number of rotatable bonds is 9. The normalized spacial score (nSPS) is 21.8. The Morgan fingerprint density at radius 2 is 1.74 bits per heavy atom. The highest BCUT2D eigenvalue weighted by Crippen LogP contribution is 2.19. The van der Waals surface area contributed by atoms with Gasteiger partial charge in [-0.2, -0.15) is 0 Å². The lowest BCUT2D eigenvalue weighted by atomic mass is 9.99. The third kappa shape index (κ3) is 6.46. The summed E-state index contributed by atoms with van der Waals surface area (Å²) in [7, 11) is 1.34. The van der Waals surface area contributed by atoms with Gasteiger partial charge in [-0.15, -0.1) is 0 Å². The van der Waals surface area contributed by atoms with Crippen molar-refractivity contribution >= 4 is 17.8 Å². The molecule has 3 atom stereocenters. The average molecular weight is 383 g/mol. The Morgan fingerprint density at radius 1 is 1.11 bits per heavy atom. The van der Waals surface area contributed by atoms with Crippen molar-refractivity contribution in [1.82, 2.24) is 20.4 Å². The molecule has 8 heteroatoms. The highest BCUT2D eigenvalue weighted by atomic mass is 16.5. The van der Waals surface area contributed by atoms with Gasteiger partial charge in [0.1, 0.15) is 6.04 Å². The Balaban J connectivity index is 1.75. The molecular weight excluding hydrogens is 348 g/mol. The van der Waals surface area contributed by atoms with Crippen LogP contribution < -0.4 is 10.6 Å². The third-order valence-corrected chi connectivity index (χ3v) is 5.61. The number of ether oxygens (including phenoxy) is 1. The summed E-state index contributed by atoms with van der Waals surface area (Å²) in [4.78, 5) is 40.7. The predicted octanol–water partition coefficient (Wildman–Crippen LogP) is -0.0250. The standard InChI is InChI=1S/C19H34N4O4/c1-5-13(2)17(19(26)27-4)21-16(24)12-22-8-10-23(11-9-22)14(3)18(25)20-15-6-7-15/h13-15,17H,5-12H2,1-4H3,(H,20,25)(H,21,24). The van der Waals surface area contributed by atoms with Crippen LogP contribution in [0.4, 0.5) is 0 Å². The van der Waals surface area contributed by atoms with Crippen LogP contribution in [0.15, 0.2) is 0 Å². The molecule has 1 heterocycles. The minimum Gasteiger partial charge on any atom is -0.467 e. The second-order valence-corrected chi connectivity index (χ2v) is 7.72. The van der Waals surface area contributed by atoms with E-state index in [4.69, 9.17) is 4.74 Å². The zero-order chi connectivity index (χ0) is 20.0. The Bertz CT molecular complexity index is 530. The van der Waals surface area contributed by atoms with Gasteiger partial charge in [0.05, 0.1) is 19.7 Å². The van der Waals surface area contributed by atoms with E-state index in [1.54, 1.807) is 0 Å². The van der Waals surface area contributed by atoms with E-state index in [1.165, 1.54) is 7.11 Å². The van der Waals surface area contributed by atoms with Crippen molar-refractivity contribution < 1.29 is 19.1 Å². The highest BCUT2D eigenvalue weighted by Gasteiger charge is 2.31. The molecule has 3 unspecified atom stereocenters. The Labute approximate surface area is 162 Å². The first-order chi connectivity index (χ1) is 12.8. The average Bonchev–Trinajstić information content (AvgIpc) is 3.48. The van der Waals surface area contributed by atoms with Crippen LogP contribution >= 0.6 is 0 Å². The number of carbonyl (C=O) groups is 3. The maximum atomic E-state index is 12.4. The van der Waals surface area contributed by atoms with Crippen molar-refractivity contribution in [3.63, 3.8) is 0 Å². The van der Waals surface area contributed by atoms with Crippen molar-refractivity contribution in [2.24, 2.45) is 5.92 Å². The van der Waals surface area contributed by atoms with E-state index < -0.39 is 12.0 Å². The number of hydrogen-bond acceptors (Lipinski definition) is 6. The molecule has 2 aliphatic rings. The quantitative estimate of drug-likeness (QED) is 0.545. The number of hydrogen-bond donors (Lipinski definition) is 2. The van der Waals surface area contributed by atoms with Gasteiger partial charge in [0.2, 0.25) is 11.8 Å². The molecule has 1 saturated carbocycles. The zero-order valence-corrected chi connectivity index (χ0v) is 17.0. The first-order valence-corrected chi connectivity index (χ1v) is 9.99. The van der Waals surface area contributed by atoms with Crippen LogP contribution in [0.5, 0.6) is 0 Å². The van der Waals surface area contributed by atoms with E-state index in [2.05, 4.69) is 20.4 Å². The summed E-state index contributed by atoms with van der Waals surface area (Å²) in [6.07, 6.45) is 2.95. The van der Waals surface area contributed by atoms with Crippen molar-refractivity contribution in [1.29, 1.82) is 0 Å². The van der Waals surface area contributed by atoms with Crippen LogP contribution in [0, 0.1) is 5.92 Å². The summed E-state index contributed by atoms with van der Waals surface area (Å²) >= 11 is 0. The fraction of sp³-hybridized carbons (Fsp3) is 0.842. The molecule has 2 fully saturated rings. The molecule has 2 N–H and O–H groups in total. The largest absolute Gasteiger partial charge is 0.467 e. The van der Waals surface area contributed by atoms with Crippen LogP contribution in [0.2, 0.25) is 0 Å². The summed E-state index contributed by atoms with van der Waals surface area (Å²) in [6, 6.07) is -0.381. The van der Waals surface area contributed by atoms with E-state index in [1.807, 2.05) is 20.8 Å². The lowest BCUT2D eigenvalue weighted by Gasteiger charge is -2.37. The number of nitrogens with zero attached hydrogens (tertiary/aromatic N) is 2. The summed E-state index contributed by atoms with van der Waals surface area (Å²) < 4.78 is 4.81. The van der Waals surface area contributed by atoms with E-state index in [0.29, 0.717) is 6.04 Å². The molecular formula is C19H34N4O4. The summed E-state index contributed by atoms with van der Waals surface area (Å²) in [5.41, 5.74) is 0. The molecule has 1 aliphatic carbocycles. The molecule has 0 aromatic rings. The van der Waals surface area contributed by atoms with E-state index in [9.17, 15) is 14.4 Å². The van der Waals surface area contributed by atoms with Gasteiger partial charge in [-0.25, -0.2) is 4.79 Å². The second kappa shape index (κ2) is 10.0. The van der Waals surface area contributed by atoms with Crippen molar-refractivity contribution in [3.8, 4) is 0 Å². The van der Waals surface area contributed by atoms with Crippen molar-refractivity contribution in [2.45, 2.75) is 58.2 Å². The molecule has 0 radical (unpaired) electrons. The van der Waals surface area contributed by atoms with E-state index >= 15 is 0 Å². The minimum atomic E-state index is -0.611. The molecule has 2 amide bonds. The number of carbonyl (C=O) groups excluding carboxylic acids is 3. The fourth-order valence-electron chi connectivity index (χ4n) is 3.24. The zero-order valence-electron chi connectivity index (χ0n) is 17.0. The van der Waals surface area contributed by atoms with E-state index in [-0.39, 0.29) is 30.3 Å². The summed E-state index contributed by atoms with van der Waals surface area (Å²) in [5, 5.41) is 5.86. The highest BCUT2D eigenvalue weighted by molar-refractivity contribution is 5.85. The molecule has 1 aliphatic heterocycles. The molecule has 27 heavy (non-hydrogen) atoms. The fourth-order valence-corrected chi connectivity index (χ4v) is 3.24. The predicted molar refractivity (Wildman–Crippen MR) is 102 cm³/mol. The lowest BCUT2D eigenvalue weighted by Crippen LogP contribution is -2.56. The van der Waals surface area contributed by atoms with Crippen LogP contribution in [0.3, 0.4) is 0 Å². The van der Waals surface area contributed by atoms with Crippen molar-refractivity contribution in [3.05, 3.63) is 0 Å². The smallest absolute Gasteiger partial charge is 0.328 e. The molecule has 0 bridgehead atoms. The maximum Gasteiger partial charge on any atom is 0.328 e. The monoisotopic (exact) mass is 382 g/mol. The number of amides is 2. The molecule has 8 nitrogen and oxygen atoms in total. The Morgan fingerprint density at radius 3 is 2.26 bits per heavy atom. The SMILES string of the molecule is CCC(C)C(NC(=O)CN1CCN(C(C)C(=O)NC2CC2)CC1)C(=O)OC. The minimum absolute atomic E-state index is 0.0177. The van der Waals surface area contributed by atoms with E-state index in [0.717, 1.165) is 45.4 Å². The molecule has 0 aromatic carbocycles. The first-order valence-electron chi connectivity index (χ1n) is 9.99. The van der Waals surface area contributed by atoms with Gasteiger partial charge in [-0.3, -0.25) is 19.4 Å². The second-order valence-electron chi connectivity index (χ2n) is 7.72. The van der Waals surface area contributed by atoms with Gasteiger partial charge in [-0.05, 0) is 25.7 Å². The topological polar surface area (TPSA) is 91.0 Å². The van der Waals surface area contributed by atoms with Gasteiger partial charge in [0.15, 0.2) is 0 Å². The molecule has 154 valence electrons. The molecule has 0 aromatic heterocycles. The number of methoxy groups -OCH3 is 1. The van der Waals surface area contributed by atoms with Crippen LogP contribution in [-0.2, 0) is 19.1 Å². The van der Waals surface area contributed by atoms with Crippen LogP contribution in [0.1, 0.15) is 40.0 Å². The van der Waals surface area contributed by atoms with Gasteiger partial charge in [0.25, 0.3) is 0 Å². The van der Waals surface area contributed by atoms with Gasteiger partial charge < -0.3 is 15.4 Å². The first kappa shape index (κ1) is 21.6. The molecule has 1 saturated heterocycles. The maximum absolute atomic E-state index is 12.4. The Hall–Kier alpha value is -1.67. The van der Waals surface area contributed by atoms with Crippen LogP contribution in [0.25, 0.3) is 0 Å². The lowest BCUT2D eigenvalue weighted by molar-refractivity contribution is -0.146. The van der Waals surface area contributed by atoms with Gasteiger partial charge >= 0.3 is 5.97 Å². The van der Waals surface area contributed by atoms with Crippen LogP contribution in [-0.4, -0.2) is 85.5 Å². The Kier molecular flexibility index (Phi) is 8.04. The molecule has 2 rings (SSSR count). The van der Waals surface area contributed by atoms with Gasteiger partial charge in [-0.1, -0.05) is 20.3 Å². The van der Waals surface area contributed by atoms with Crippen molar-refractivity contribution in [2.75, 3.05) is 39.8 Å². The summed E-state index contributed by atoms with van der Waals surface area (Å²) in [5.74, 6) is -0.459. The van der Waals surface area contributed by atoms with Gasteiger partial charge in [0, 0.05) is 32.2 Å².